The molecule has 0 spiro atoms. The van der Waals surface area contributed by atoms with E-state index in [0.29, 0.717) is 36.7 Å². The third kappa shape index (κ3) is 4.68. The van der Waals surface area contributed by atoms with Crippen molar-refractivity contribution >= 4 is 40.4 Å². The molecule has 1 unspecified atom stereocenters. The molecule has 0 saturated carbocycles. The molecule has 4 aliphatic rings. The number of fused-ring (bicyclic) bond motifs is 2. The number of hydrogen-bond acceptors (Lipinski definition) is 5. The minimum absolute atomic E-state index is 0.0845. The highest BCUT2D eigenvalue weighted by molar-refractivity contribution is 7.80. The normalized spacial score (nSPS) is 21.5. The number of carbonyl (C=O) groups excluding carboxylic acids is 2. The fraction of sp³-hybridized carbons (Fsp3) is 0.385. The second-order valence-electron chi connectivity index (χ2n) is 8.73. The lowest BCUT2D eigenvalue weighted by atomic mass is 9.93. The molecule has 0 bridgehead atoms. The zero-order chi connectivity index (χ0) is 23.5. The standard InChI is InChI=1S/C26H27N3O4S/c30-24(28-13-10-19(11-14-28)18-7-3-1-4-8-18)9-5-2-6-12-29-25(31)20-15-22-23(33-17-32-22)16-21(20)27-26(29)34/h1,3-4,7-8,10,15-16,20H,2,5-6,9,11-14,17H2. The lowest BCUT2D eigenvalue weighted by Gasteiger charge is -2.30. The molecule has 1 aliphatic carbocycles. The lowest BCUT2D eigenvalue weighted by molar-refractivity contribution is -0.131. The maximum Gasteiger partial charge on any atom is 0.241 e. The molecule has 0 N–H and O–H groups in total. The van der Waals surface area contributed by atoms with Crippen molar-refractivity contribution in [1.82, 2.24) is 9.80 Å². The van der Waals surface area contributed by atoms with E-state index in [1.807, 2.05) is 23.1 Å². The number of aliphatic imine (C=N–C) groups is 1. The van der Waals surface area contributed by atoms with Crippen LogP contribution in [0.5, 0.6) is 0 Å². The predicted octanol–water partition coefficient (Wildman–Crippen LogP) is 3.83. The molecule has 1 fully saturated rings. The van der Waals surface area contributed by atoms with Crippen LogP contribution in [0.1, 0.15) is 37.7 Å². The average molecular weight is 478 g/mol. The van der Waals surface area contributed by atoms with Gasteiger partial charge in [-0.2, -0.15) is 0 Å². The number of carbonyl (C=O) groups is 2. The van der Waals surface area contributed by atoms with Crippen molar-refractivity contribution in [3.63, 3.8) is 0 Å². The molecule has 8 heteroatoms. The van der Waals surface area contributed by atoms with E-state index in [1.54, 1.807) is 17.1 Å². The van der Waals surface area contributed by atoms with Crippen LogP contribution >= 0.6 is 12.2 Å². The third-order valence-electron chi connectivity index (χ3n) is 6.55. The van der Waals surface area contributed by atoms with Crippen LogP contribution < -0.4 is 0 Å². The molecule has 3 aliphatic heterocycles. The molecular formula is C26H27N3O4S. The van der Waals surface area contributed by atoms with Crippen molar-refractivity contribution in [3.8, 4) is 0 Å². The van der Waals surface area contributed by atoms with E-state index < -0.39 is 5.92 Å². The van der Waals surface area contributed by atoms with Crippen LogP contribution in [-0.2, 0) is 19.1 Å². The number of unbranched alkanes of at least 4 members (excludes halogenated alkanes) is 2. The molecule has 1 saturated heterocycles. The first-order chi connectivity index (χ1) is 16.6. The maximum absolute atomic E-state index is 13.0. The Morgan fingerprint density at radius 3 is 2.74 bits per heavy atom. The summed E-state index contributed by atoms with van der Waals surface area (Å²) in [6.45, 7) is 2.09. The molecular weight excluding hydrogens is 450 g/mol. The van der Waals surface area contributed by atoms with Crippen LogP contribution in [0.25, 0.3) is 5.57 Å². The van der Waals surface area contributed by atoms with Gasteiger partial charge in [0.25, 0.3) is 0 Å². The van der Waals surface area contributed by atoms with Crippen molar-refractivity contribution in [2.45, 2.75) is 32.1 Å². The number of rotatable bonds is 7. The number of nitrogens with zero attached hydrogens (tertiary/aromatic N) is 3. The Morgan fingerprint density at radius 2 is 1.94 bits per heavy atom. The molecule has 0 aromatic heterocycles. The fourth-order valence-corrected chi connectivity index (χ4v) is 4.92. The second kappa shape index (κ2) is 9.93. The molecule has 5 rings (SSSR count). The Balaban J connectivity index is 1.06. The van der Waals surface area contributed by atoms with Gasteiger partial charge in [-0.25, -0.2) is 4.99 Å². The van der Waals surface area contributed by atoms with Gasteiger partial charge in [-0.1, -0.05) is 42.8 Å². The Labute approximate surface area is 204 Å². The summed E-state index contributed by atoms with van der Waals surface area (Å²) in [6, 6.07) is 10.3. The summed E-state index contributed by atoms with van der Waals surface area (Å²) in [5.41, 5.74) is 3.15. The van der Waals surface area contributed by atoms with E-state index in [1.165, 1.54) is 11.1 Å². The highest BCUT2D eigenvalue weighted by Gasteiger charge is 2.38. The van der Waals surface area contributed by atoms with Crippen molar-refractivity contribution in [3.05, 3.63) is 65.6 Å². The molecule has 34 heavy (non-hydrogen) atoms. The zero-order valence-electron chi connectivity index (χ0n) is 18.9. The van der Waals surface area contributed by atoms with E-state index in [2.05, 4.69) is 23.2 Å². The van der Waals surface area contributed by atoms with Gasteiger partial charge in [0.05, 0.1) is 5.71 Å². The largest absolute Gasteiger partial charge is 0.454 e. The second-order valence-corrected chi connectivity index (χ2v) is 9.09. The van der Waals surface area contributed by atoms with Crippen LogP contribution in [0, 0.1) is 5.92 Å². The van der Waals surface area contributed by atoms with E-state index in [-0.39, 0.29) is 23.7 Å². The van der Waals surface area contributed by atoms with Crippen LogP contribution in [0.15, 0.2) is 65.1 Å². The molecule has 7 nitrogen and oxygen atoms in total. The van der Waals surface area contributed by atoms with Crippen molar-refractivity contribution in [2.75, 3.05) is 26.4 Å². The average Bonchev–Trinajstić information content (AvgIpc) is 3.32. The van der Waals surface area contributed by atoms with Gasteiger partial charge in [0.2, 0.25) is 23.7 Å². The lowest BCUT2D eigenvalue weighted by Crippen LogP contribution is -2.46. The summed E-state index contributed by atoms with van der Waals surface area (Å²) >= 11 is 5.37. The van der Waals surface area contributed by atoms with Crippen molar-refractivity contribution < 1.29 is 19.1 Å². The van der Waals surface area contributed by atoms with Gasteiger partial charge in [-0.05, 0) is 48.7 Å². The highest BCUT2D eigenvalue weighted by Crippen LogP contribution is 2.31. The van der Waals surface area contributed by atoms with Gasteiger partial charge in [-0.3, -0.25) is 14.5 Å². The SMILES string of the molecule is O=C(CCCCCN1C(=O)C2C=C3OCOC3=CC2=NC1=S)N1CC=C(c2ccccc2)CC1. The summed E-state index contributed by atoms with van der Waals surface area (Å²) < 4.78 is 10.8. The molecule has 3 heterocycles. The Hall–Kier alpha value is -3.26. The monoisotopic (exact) mass is 477 g/mol. The molecule has 0 radical (unpaired) electrons. The molecule has 176 valence electrons. The quantitative estimate of drug-likeness (QED) is 0.441. The van der Waals surface area contributed by atoms with Gasteiger partial charge in [0.1, 0.15) is 5.92 Å². The van der Waals surface area contributed by atoms with Crippen LogP contribution in [-0.4, -0.2) is 58.9 Å². The smallest absolute Gasteiger partial charge is 0.241 e. The van der Waals surface area contributed by atoms with Gasteiger partial charge in [0, 0.05) is 32.1 Å². The summed E-state index contributed by atoms with van der Waals surface area (Å²) in [5.74, 6) is 0.814. The summed E-state index contributed by atoms with van der Waals surface area (Å²) in [7, 11) is 0. The highest BCUT2D eigenvalue weighted by atomic mass is 32.1. The van der Waals surface area contributed by atoms with Crippen LogP contribution in [0.2, 0.25) is 0 Å². The van der Waals surface area contributed by atoms with E-state index in [0.717, 1.165) is 32.2 Å². The Kier molecular flexibility index (Phi) is 6.58. The summed E-state index contributed by atoms with van der Waals surface area (Å²) in [6.07, 6.45) is 9.47. The number of allylic oxidation sites excluding steroid dienone is 1. The Morgan fingerprint density at radius 1 is 1.12 bits per heavy atom. The van der Waals surface area contributed by atoms with Gasteiger partial charge in [0.15, 0.2) is 11.5 Å². The summed E-state index contributed by atoms with van der Waals surface area (Å²) in [5, 5.41) is 0.286. The number of amides is 2. The van der Waals surface area contributed by atoms with Gasteiger partial charge >= 0.3 is 0 Å². The number of benzene rings is 1. The van der Waals surface area contributed by atoms with Gasteiger partial charge < -0.3 is 14.4 Å². The predicted molar refractivity (Wildman–Crippen MR) is 133 cm³/mol. The van der Waals surface area contributed by atoms with Crippen LogP contribution in [0.4, 0.5) is 0 Å². The summed E-state index contributed by atoms with van der Waals surface area (Å²) in [4.78, 5) is 33.5. The number of thiocarbonyl (C=S) groups is 1. The first kappa shape index (κ1) is 22.5. The fourth-order valence-electron chi connectivity index (χ4n) is 4.63. The Bertz CT molecular complexity index is 1120. The van der Waals surface area contributed by atoms with E-state index in [9.17, 15) is 9.59 Å². The minimum atomic E-state index is -0.485. The molecule has 1 atom stereocenters. The van der Waals surface area contributed by atoms with E-state index >= 15 is 0 Å². The number of hydrogen-bond donors (Lipinski definition) is 0. The first-order valence-electron chi connectivity index (χ1n) is 11.8. The minimum Gasteiger partial charge on any atom is -0.454 e. The van der Waals surface area contributed by atoms with Crippen LogP contribution in [0.3, 0.4) is 0 Å². The van der Waals surface area contributed by atoms with Gasteiger partial charge in [-0.15, -0.1) is 0 Å². The molecule has 1 aromatic rings. The first-order valence-corrected chi connectivity index (χ1v) is 12.2. The van der Waals surface area contributed by atoms with E-state index in [4.69, 9.17) is 21.7 Å². The molecule has 1 aromatic carbocycles. The van der Waals surface area contributed by atoms with Crippen molar-refractivity contribution in [2.24, 2.45) is 10.9 Å². The number of ether oxygens (including phenoxy) is 2. The van der Waals surface area contributed by atoms with Crippen molar-refractivity contribution in [1.29, 1.82) is 0 Å². The maximum atomic E-state index is 13.0. The third-order valence-corrected chi connectivity index (χ3v) is 6.87. The molecule has 2 amide bonds. The zero-order valence-corrected chi connectivity index (χ0v) is 19.8. The topological polar surface area (TPSA) is 71.4 Å².